The van der Waals surface area contributed by atoms with Crippen LogP contribution in [0, 0.1) is 0 Å². The molecule has 1 saturated carbocycles. The standard InChI is InChI=1S/C13H22N2O5/c1-18-13(17)11(9-20-10-2-3-10)14-12(16)8-15-4-6-19-7-5-15/h10-11H,2-9H2,1H3,(H,14,16)/t11-/m0/s1. The first kappa shape index (κ1) is 15.2. The molecular weight excluding hydrogens is 264 g/mol. The van der Waals surface area contributed by atoms with Gasteiger partial charge in [0.05, 0.1) is 39.6 Å². The average molecular weight is 286 g/mol. The quantitative estimate of drug-likeness (QED) is 0.615. The van der Waals surface area contributed by atoms with Crippen molar-refractivity contribution in [1.29, 1.82) is 0 Å². The molecule has 1 aliphatic carbocycles. The zero-order valence-corrected chi connectivity index (χ0v) is 11.8. The van der Waals surface area contributed by atoms with Crippen molar-refractivity contribution in [2.75, 3.05) is 46.6 Å². The Labute approximate surface area is 118 Å². The van der Waals surface area contributed by atoms with E-state index < -0.39 is 12.0 Å². The van der Waals surface area contributed by atoms with E-state index in [1.165, 1.54) is 7.11 Å². The fraction of sp³-hybridized carbons (Fsp3) is 0.846. The summed E-state index contributed by atoms with van der Waals surface area (Å²) in [5.74, 6) is -0.664. The molecule has 2 fully saturated rings. The number of morpholine rings is 1. The van der Waals surface area contributed by atoms with Crippen LogP contribution in [0.2, 0.25) is 0 Å². The van der Waals surface area contributed by atoms with Gasteiger partial charge in [-0.15, -0.1) is 0 Å². The molecule has 0 bridgehead atoms. The van der Waals surface area contributed by atoms with E-state index in [9.17, 15) is 9.59 Å². The van der Waals surface area contributed by atoms with Gasteiger partial charge < -0.3 is 19.5 Å². The molecule has 0 radical (unpaired) electrons. The van der Waals surface area contributed by atoms with E-state index in [0.717, 1.165) is 25.9 Å². The third kappa shape index (κ3) is 5.07. The normalized spacial score (nSPS) is 21.2. The fourth-order valence-corrected chi connectivity index (χ4v) is 1.98. The maximum atomic E-state index is 11.9. The summed E-state index contributed by atoms with van der Waals surface area (Å²) >= 11 is 0. The van der Waals surface area contributed by atoms with Crippen molar-refractivity contribution in [2.45, 2.75) is 25.0 Å². The highest BCUT2D eigenvalue weighted by molar-refractivity contribution is 5.85. The Balaban J connectivity index is 1.75. The van der Waals surface area contributed by atoms with Crippen molar-refractivity contribution < 1.29 is 23.8 Å². The predicted molar refractivity (Wildman–Crippen MR) is 70.2 cm³/mol. The van der Waals surface area contributed by atoms with Crippen molar-refractivity contribution in [3.8, 4) is 0 Å². The summed E-state index contributed by atoms with van der Waals surface area (Å²) in [6, 6.07) is -0.728. The Kier molecular flexibility index (Phi) is 5.75. The molecule has 1 aliphatic heterocycles. The van der Waals surface area contributed by atoms with Crippen molar-refractivity contribution >= 4 is 11.9 Å². The van der Waals surface area contributed by atoms with Gasteiger partial charge in [-0.2, -0.15) is 0 Å². The minimum atomic E-state index is -0.728. The molecule has 0 aromatic rings. The summed E-state index contributed by atoms with van der Waals surface area (Å²) in [5.41, 5.74) is 0. The van der Waals surface area contributed by atoms with Gasteiger partial charge in [0.25, 0.3) is 0 Å². The van der Waals surface area contributed by atoms with Crippen LogP contribution < -0.4 is 5.32 Å². The van der Waals surface area contributed by atoms with Gasteiger partial charge >= 0.3 is 5.97 Å². The molecule has 0 aromatic carbocycles. The van der Waals surface area contributed by atoms with Gasteiger partial charge in [0.15, 0.2) is 6.04 Å². The van der Waals surface area contributed by atoms with Gasteiger partial charge in [-0.05, 0) is 12.8 Å². The van der Waals surface area contributed by atoms with Crippen molar-refractivity contribution in [3.63, 3.8) is 0 Å². The van der Waals surface area contributed by atoms with Crippen LogP contribution in [0.5, 0.6) is 0 Å². The van der Waals surface area contributed by atoms with Crippen LogP contribution in [0.15, 0.2) is 0 Å². The van der Waals surface area contributed by atoms with E-state index in [4.69, 9.17) is 9.47 Å². The van der Waals surface area contributed by atoms with Crippen LogP contribution in [-0.4, -0.2) is 75.5 Å². The highest BCUT2D eigenvalue weighted by atomic mass is 16.5. The second-order valence-electron chi connectivity index (χ2n) is 5.06. The predicted octanol–water partition coefficient (Wildman–Crippen LogP) is -0.845. The summed E-state index contributed by atoms with van der Waals surface area (Å²) in [4.78, 5) is 25.6. The molecule has 7 nitrogen and oxygen atoms in total. The van der Waals surface area contributed by atoms with Crippen LogP contribution in [0.1, 0.15) is 12.8 Å². The summed E-state index contributed by atoms with van der Waals surface area (Å²) in [6.45, 7) is 3.17. The SMILES string of the molecule is COC(=O)[C@H](COC1CC1)NC(=O)CN1CCOCC1. The maximum Gasteiger partial charge on any atom is 0.330 e. The molecule has 2 aliphatic rings. The summed E-state index contributed by atoms with van der Waals surface area (Å²) in [6.07, 6.45) is 2.28. The van der Waals surface area contributed by atoms with E-state index in [2.05, 4.69) is 10.1 Å². The van der Waals surface area contributed by atoms with Crippen molar-refractivity contribution in [1.82, 2.24) is 10.2 Å². The number of methoxy groups -OCH3 is 1. The van der Waals surface area contributed by atoms with Gasteiger partial charge in [0, 0.05) is 13.1 Å². The lowest BCUT2D eigenvalue weighted by molar-refractivity contribution is -0.147. The van der Waals surface area contributed by atoms with Crippen LogP contribution in [0.25, 0.3) is 0 Å². The van der Waals surface area contributed by atoms with Crippen molar-refractivity contribution in [3.05, 3.63) is 0 Å². The Morgan fingerprint density at radius 1 is 1.35 bits per heavy atom. The lowest BCUT2D eigenvalue weighted by Gasteiger charge is -2.26. The molecule has 1 N–H and O–H groups in total. The van der Waals surface area contributed by atoms with Crippen LogP contribution in [0.3, 0.4) is 0 Å². The van der Waals surface area contributed by atoms with Gasteiger partial charge in [-0.25, -0.2) is 4.79 Å². The van der Waals surface area contributed by atoms with Crippen LogP contribution in [0.4, 0.5) is 0 Å². The second-order valence-corrected chi connectivity index (χ2v) is 5.06. The fourth-order valence-electron chi connectivity index (χ4n) is 1.98. The molecule has 0 aromatic heterocycles. The molecular formula is C13H22N2O5. The molecule has 7 heteroatoms. The number of nitrogens with one attached hydrogen (secondary N) is 1. The molecule has 114 valence electrons. The number of esters is 1. The number of rotatable bonds is 7. The maximum absolute atomic E-state index is 11.9. The van der Waals surface area contributed by atoms with E-state index in [0.29, 0.717) is 13.2 Å². The van der Waals surface area contributed by atoms with Crippen LogP contribution in [-0.2, 0) is 23.8 Å². The van der Waals surface area contributed by atoms with E-state index in [1.807, 2.05) is 4.90 Å². The number of amides is 1. The summed E-state index contributed by atoms with van der Waals surface area (Å²) in [7, 11) is 1.31. The molecule has 20 heavy (non-hydrogen) atoms. The molecule has 1 saturated heterocycles. The minimum Gasteiger partial charge on any atom is -0.467 e. The first-order valence-electron chi connectivity index (χ1n) is 6.98. The lowest BCUT2D eigenvalue weighted by atomic mass is 10.3. The zero-order valence-electron chi connectivity index (χ0n) is 11.8. The van der Waals surface area contributed by atoms with Crippen LogP contribution >= 0.6 is 0 Å². The molecule has 0 spiro atoms. The Morgan fingerprint density at radius 2 is 2.05 bits per heavy atom. The first-order chi connectivity index (χ1) is 9.69. The van der Waals surface area contributed by atoms with Gasteiger partial charge in [0.2, 0.25) is 5.91 Å². The van der Waals surface area contributed by atoms with Crippen molar-refractivity contribution in [2.24, 2.45) is 0 Å². The third-order valence-electron chi connectivity index (χ3n) is 3.31. The smallest absolute Gasteiger partial charge is 0.330 e. The first-order valence-corrected chi connectivity index (χ1v) is 6.98. The third-order valence-corrected chi connectivity index (χ3v) is 3.31. The molecule has 1 amide bonds. The zero-order chi connectivity index (χ0) is 14.4. The Hall–Kier alpha value is -1.18. The highest BCUT2D eigenvalue weighted by Crippen LogP contribution is 2.23. The van der Waals surface area contributed by atoms with Gasteiger partial charge in [-0.3, -0.25) is 9.69 Å². The van der Waals surface area contributed by atoms with E-state index in [1.54, 1.807) is 0 Å². The number of hydrogen-bond acceptors (Lipinski definition) is 6. The minimum absolute atomic E-state index is 0.173. The monoisotopic (exact) mass is 286 g/mol. The number of carbonyl (C=O) groups excluding carboxylic acids is 2. The second kappa shape index (κ2) is 7.56. The van der Waals surface area contributed by atoms with E-state index in [-0.39, 0.29) is 25.2 Å². The molecule has 0 unspecified atom stereocenters. The van der Waals surface area contributed by atoms with E-state index >= 15 is 0 Å². The molecule has 1 atom stereocenters. The lowest BCUT2D eigenvalue weighted by Crippen LogP contribution is -2.50. The topological polar surface area (TPSA) is 77.1 Å². The number of hydrogen-bond donors (Lipinski definition) is 1. The Bertz CT molecular complexity index is 340. The summed E-state index contributed by atoms with van der Waals surface area (Å²) in [5, 5.41) is 2.68. The Morgan fingerprint density at radius 3 is 2.65 bits per heavy atom. The van der Waals surface area contributed by atoms with Gasteiger partial charge in [-0.1, -0.05) is 0 Å². The number of carbonyl (C=O) groups is 2. The number of ether oxygens (including phenoxy) is 3. The largest absolute Gasteiger partial charge is 0.467 e. The highest BCUT2D eigenvalue weighted by Gasteiger charge is 2.28. The molecule has 2 rings (SSSR count). The average Bonchev–Trinajstić information content (AvgIpc) is 3.27. The van der Waals surface area contributed by atoms with Gasteiger partial charge in [0.1, 0.15) is 0 Å². The summed E-state index contributed by atoms with van der Waals surface area (Å²) < 4.78 is 15.4. The molecule has 1 heterocycles. The number of nitrogens with zero attached hydrogens (tertiary/aromatic N) is 1.